The lowest BCUT2D eigenvalue weighted by Gasteiger charge is -2.08. The minimum absolute atomic E-state index is 0.172. The molecule has 136 valence electrons. The summed E-state index contributed by atoms with van der Waals surface area (Å²) in [6.07, 6.45) is 3.90. The van der Waals surface area contributed by atoms with Gasteiger partial charge in [-0.2, -0.15) is 0 Å². The summed E-state index contributed by atoms with van der Waals surface area (Å²) >= 11 is 0. The van der Waals surface area contributed by atoms with Crippen molar-refractivity contribution in [2.75, 3.05) is 6.54 Å². The van der Waals surface area contributed by atoms with Crippen LogP contribution in [0.25, 0.3) is 0 Å². The van der Waals surface area contributed by atoms with Crippen molar-refractivity contribution in [3.63, 3.8) is 0 Å². The van der Waals surface area contributed by atoms with Crippen LogP contribution in [0.5, 0.6) is 11.5 Å². The third kappa shape index (κ3) is 5.15. The number of nitrogens with one attached hydrogen (secondary N) is 1. The lowest BCUT2D eigenvalue weighted by Crippen LogP contribution is -2.25. The molecule has 3 rings (SSSR count). The predicted molar refractivity (Wildman–Crippen MR) is 102 cm³/mol. The van der Waals surface area contributed by atoms with E-state index in [-0.39, 0.29) is 5.91 Å². The van der Waals surface area contributed by atoms with E-state index in [2.05, 4.69) is 10.3 Å². The number of rotatable bonds is 7. The molecule has 2 amide bonds. The summed E-state index contributed by atoms with van der Waals surface area (Å²) in [5, 5.41) is 2.86. The minimum atomic E-state index is -0.463. The van der Waals surface area contributed by atoms with Crippen molar-refractivity contribution in [3.8, 4) is 11.5 Å². The lowest BCUT2D eigenvalue weighted by molar-refractivity contribution is 0.0952. The van der Waals surface area contributed by atoms with Crippen LogP contribution in [-0.4, -0.2) is 23.3 Å². The summed E-state index contributed by atoms with van der Waals surface area (Å²) < 4.78 is 5.65. The second kappa shape index (κ2) is 8.62. The van der Waals surface area contributed by atoms with Crippen molar-refractivity contribution in [1.29, 1.82) is 0 Å². The lowest BCUT2D eigenvalue weighted by atomic mass is 10.1. The molecular weight excluding hydrogens is 342 g/mol. The van der Waals surface area contributed by atoms with Gasteiger partial charge in [-0.3, -0.25) is 14.6 Å². The second-order valence-corrected chi connectivity index (χ2v) is 5.89. The topological polar surface area (TPSA) is 94.3 Å². The fourth-order valence-corrected chi connectivity index (χ4v) is 2.52. The number of primary amides is 1. The molecule has 0 aliphatic heterocycles. The molecule has 3 aromatic rings. The Morgan fingerprint density at radius 2 is 1.78 bits per heavy atom. The van der Waals surface area contributed by atoms with E-state index in [9.17, 15) is 9.59 Å². The number of carbonyl (C=O) groups excluding carboxylic acids is 2. The summed E-state index contributed by atoms with van der Waals surface area (Å²) in [7, 11) is 0. The number of nitrogens with two attached hydrogens (primary N) is 1. The van der Waals surface area contributed by atoms with Crippen molar-refractivity contribution >= 4 is 11.8 Å². The van der Waals surface area contributed by atoms with Gasteiger partial charge in [-0.25, -0.2) is 0 Å². The number of amides is 2. The van der Waals surface area contributed by atoms with E-state index in [0.29, 0.717) is 35.6 Å². The van der Waals surface area contributed by atoms with Crippen molar-refractivity contribution in [2.45, 2.75) is 6.42 Å². The number of carbonyl (C=O) groups is 2. The van der Waals surface area contributed by atoms with Gasteiger partial charge in [-0.1, -0.05) is 12.1 Å². The highest BCUT2D eigenvalue weighted by Gasteiger charge is 2.07. The molecule has 6 nitrogen and oxygen atoms in total. The van der Waals surface area contributed by atoms with Crippen molar-refractivity contribution in [3.05, 3.63) is 89.7 Å². The van der Waals surface area contributed by atoms with Gasteiger partial charge in [-0.05, 0) is 60.5 Å². The maximum Gasteiger partial charge on any atom is 0.251 e. The Bertz CT molecular complexity index is 925. The molecule has 0 saturated carbocycles. The summed E-state index contributed by atoms with van der Waals surface area (Å²) in [6.45, 7) is 0.453. The van der Waals surface area contributed by atoms with Gasteiger partial charge < -0.3 is 15.8 Å². The summed E-state index contributed by atoms with van der Waals surface area (Å²) in [5.41, 5.74) is 7.21. The first-order valence-corrected chi connectivity index (χ1v) is 8.47. The van der Waals surface area contributed by atoms with Crippen molar-refractivity contribution < 1.29 is 14.3 Å². The minimum Gasteiger partial charge on any atom is -0.456 e. The Labute approximate surface area is 157 Å². The van der Waals surface area contributed by atoms with Crippen LogP contribution in [0.2, 0.25) is 0 Å². The number of pyridine rings is 1. The largest absolute Gasteiger partial charge is 0.456 e. The Kier molecular flexibility index (Phi) is 5.79. The van der Waals surface area contributed by atoms with E-state index >= 15 is 0 Å². The molecule has 3 N–H and O–H groups in total. The zero-order valence-corrected chi connectivity index (χ0v) is 14.6. The van der Waals surface area contributed by atoms with Crippen LogP contribution in [-0.2, 0) is 6.42 Å². The van der Waals surface area contributed by atoms with E-state index in [1.165, 1.54) is 0 Å². The van der Waals surface area contributed by atoms with Crippen LogP contribution in [0.4, 0.5) is 0 Å². The Morgan fingerprint density at radius 3 is 2.48 bits per heavy atom. The standard InChI is InChI=1S/C21H19N3O3/c22-20(25)17-4-1-3-15(13-17)10-12-24-21(26)16-6-8-18(9-7-16)27-19-5-2-11-23-14-19/h1-9,11,13-14H,10,12H2,(H2,22,25)(H,24,26). The molecule has 0 unspecified atom stereocenters. The molecule has 1 heterocycles. The van der Waals surface area contributed by atoms with Gasteiger partial charge in [-0.15, -0.1) is 0 Å². The molecule has 0 aliphatic rings. The monoisotopic (exact) mass is 361 g/mol. The number of hydrogen-bond acceptors (Lipinski definition) is 4. The molecule has 1 aromatic heterocycles. The van der Waals surface area contributed by atoms with Gasteiger partial charge in [0.05, 0.1) is 6.20 Å². The van der Waals surface area contributed by atoms with Crippen LogP contribution >= 0.6 is 0 Å². The molecule has 0 radical (unpaired) electrons. The fraction of sp³-hybridized carbons (Fsp3) is 0.0952. The van der Waals surface area contributed by atoms with Gasteiger partial charge in [0.15, 0.2) is 0 Å². The Balaban J connectivity index is 1.52. The number of hydrogen-bond donors (Lipinski definition) is 2. The van der Waals surface area contributed by atoms with Gasteiger partial charge in [0.1, 0.15) is 11.5 Å². The summed E-state index contributed by atoms with van der Waals surface area (Å²) in [6, 6.07) is 17.5. The Hall–Kier alpha value is -3.67. The molecule has 6 heteroatoms. The molecule has 0 saturated heterocycles. The average molecular weight is 361 g/mol. The van der Waals surface area contributed by atoms with Crippen LogP contribution in [0.1, 0.15) is 26.3 Å². The normalized spacial score (nSPS) is 10.2. The zero-order valence-electron chi connectivity index (χ0n) is 14.6. The maximum absolute atomic E-state index is 12.2. The van der Waals surface area contributed by atoms with Crippen LogP contribution < -0.4 is 15.8 Å². The highest BCUT2D eigenvalue weighted by molar-refractivity contribution is 5.94. The molecular formula is C21H19N3O3. The summed E-state index contributed by atoms with van der Waals surface area (Å²) in [4.78, 5) is 27.4. The van der Waals surface area contributed by atoms with Crippen LogP contribution in [0.3, 0.4) is 0 Å². The van der Waals surface area contributed by atoms with Crippen molar-refractivity contribution in [2.24, 2.45) is 5.73 Å². The third-order valence-corrected chi connectivity index (χ3v) is 3.90. The number of ether oxygens (including phenoxy) is 1. The molecule has 0 atom stereocenters. The predicted octanol–water partition coefficient (Wildman–Crippen LogP) is 2.95. The quantitative estimate of drug-likeness (QED) is 0.676. The Morgan fingerprint density at radius 1 is 0.963 bits per heavy atom. The molecule has 0 aliphatic carbocycles. The third-order valence-electron chi connectivity index (χ3n) is 3.90. The first kappa shape index (κ1) is 18.1. The highest BCUT2D eigenvalue weighted by Crippen LogP contribution is 2.20. The average Bonchev–Trinajstić information content (AvgIpc) is 2.69. The summed E-state index contributed by atoms with van der Waals surface area (Å²) in [5.74, 6) is 0.624. The molecule has 0 spiro atoms. The smallest absolute Gasteiger partial charge is 0.251 e. The van der Waals surface area contributed by atoms with Gasteiger partial charge in [0.25, 0.3) is 5.91 Å². The zero-order chi connectivity index (χ0) is 19.1. The van der Waals surface area contributed by atoms with E-state index < -0.39 is 5.91 Å². The van der Waals surface area contributed by atoms with E-state index in [0.717, 1.165) is 5.56 Å². The maximum atomic E-state index is 12.2. The SMILES string of the molecule is NC(=O)c1cccc(CCNC(=O)c2ccc(Oc3cccnc3)cc2)c1. The van der Waals surface area contributed by atoms with E-state index in [1.807, 2.05) is 6.07 Å². The van der Waals surface area contributed by atoms with Crippen LogP contribution in [0.15, 0.2) is 73.1 Å². The number of aromatic nitrogens is 1. The van der Waals surface area contributed by atoms with E-state index in [1.54, 1.807) is 67.0 Å². The van der Waals surface area contributed by atoms with Gasteiger partial charge >= 0.3 is 0 Å². The number of nitrogens with zero attached hydrogens (tertiary/aromatic N) is 1. The van der Waals surface area contributed by atoms with E-state index in [4.69, 9.17) is 10.5 Å². The molecule has 2 aromatic carbocycles. The van der Waals surface area contributed by atoms with Gasteiger partial charge in [0, 0.05) is 23.9 Å². The fourth-order valence-electron chi connectivity index (χ4n) is 2.52. The molecule has 0 bridgehead atoms. The number of benzene rings is 2. The van der Waals surface area contributed by atoms with Gasteiger partial charge in [0.2, 0.25) is 5.91 Å². The highest BCUT2D eigenvalue weighted by atomic mass is 16.5. The molecule has 0 fully saturated rings. The first-order chi connectivity index (χ1) is 13.1. The first-order valence-electron chi connectivity index (χ1n) is 8.47. The second-order valence-electron chi connectivity index (χ2n) is 5.89. The van der Waals surface area contributed by atoms with Crippen molar-refractivity contribution in [1.82, 2.24) is 10.3 Å². The van der Waals surface area contributed by atoms with Crippen LogP contribution in [0, 0.1) is 0 Å². The molecule has 27 heavy (non-hydrogen) atoms.